The molecular formula is C9H17N2O2+. The predicted molar refractivity (Wildman–Crippen MR) is 48.1 cm³/mol. The molecular weight excluding hydrogens is 168 g/mol. The molecule has 0 radical (unpaired) electrons. The molecule has 13 heavy (non-hydrogen) atoms. The van der Waals surface area contributed by atoms with Gasteiger partial charge in [-0.3, -0.25) is 4.79 Å². The van der Waals surface area contributed by atoms with E-state index in [0.29, 0.717) is 18.5 Å². The van der Waals surface area contributed by atoms with Crippen LogP contribution in [0.1, 0.15) is 6.42 Å². The highest BCUT2D eigenvalue weighted by molar-refractivity contribution is 5.76. The maximum absolute atomic E-state index is 11.3. The second-order valence-electron chi connectivity index (χ2n) is 4.48. The van der Waals surface area contributed by atoms with E-state index in [1.165, 1.54) is 0 Å². The number of fused-ring (bicyclic) bond motifs is 2. The van der Waals surface area contributed by atoms with Crippen molar-refractivity contribution < 1.29 is 14.0 Å². The lowest BCUT2D eigenvalue weighted by Crippen LogP contribution is -2.63. The van der Waals surface area contributed by atoms with E-state index in [-0.39, 0.29) is 5.91 Å². The van der Waals surface area contributed by atoms with Crippen molar-refractivity contribution in [3.63, 3.8) is 0 Å². The lowest BCUT2D eigenvalue weighted by molar-refractivity contribution is -0.944. The van der Waals surface area contributed by atoms with Crippen molar-refractivity contribution in [2.24, 2.45) is 0 Å². The summed E-state index contributed by atoms with van der Waals surface area (Å²) in [5.74, 6) is 0.171. The minimum atomic E-state index is 0.171. The molecule has 2 heterocycles. The van der Waals surface area contributed by atoms with Gasteiger partial charge < -0.3 is 14.5 Å². The maximum atomic E-state index is 11.3. The second-order valence-corrected chi connectivity index (χ2v) is 4.48. The average molecular weight is 185 g/mol. The van der Waals surface area contributed by atoms with Gasteiger partial charge in [-0.15, -0.1) is 0 Å². The Kier molecular flexibility index (Phi) is 2.04. The van der Waals surface area contributed by atoms with Crippen LogP contribution >= 0.6 is 0 Å². The van der Waals surface area contributed by atoms with Crippen molar-refractivity contribution in [3.05, 3.63) is 0 Å². The number of likely N-dealkylation sites (N-methyl/N-ethyl adjacent to an activating group) is 1. The first-order valence-electron chi connectivity index (χ1n) is 4.78. The standard InChI is InChI=1S/C9H16N2O2/c1-11(2)7-3-9(12)10-4-8(11)6-13-5-7/h7-8H,3-6H2,1-2H3/p+1/t7-,8+/m1/s1. The lowest BCUT2D eigenvalue weighted by atomic mass is 10.1. The summed E-state index contributed by atoms with van der Waals surface area (Å²) in [5, 5.41) is 2.94. The Hall–Kier alpha value is -0.610. The van der Waals surface area contributed by atoms with E-state index >= 15 is 0 Å². The van der Waals surface area contributed by atoms with E-state index in [2.05, 4.69) is 19.4 Å². The van der Waals surface area contributed by atoms with Gasteiger partial charge in [-0.25, -0.2) is 0 Å². The van der Waals surface area contributed by atoms with Crippen LogP contribution in [0, 0.1) is 0 Å². The molecule has 2 saturated heterocycles. The number of rotatable bonds is 0. The first-order chi connectivity index (χ1) is 6.10. The van der Waals surface area contributed by atoms with Gasteiger partial charge in [-0.2, -0.15) is 0 Å². The van der Waals surface area contributed by atoms with Gasteiger partial charge >= 0.3 is 0 Å². The van der Waals surface area contributed by atoms with E-state index in [9.17, 15) is 4.79 Å². The van der Waals surface area contributed by atoms with E-state index < -0.39 is 0 Å². The van der Waals surface area contributed by atoms with Gasteiger partial charge in [0.2, 0.25) is 5.91 Å². The molecule has 4 heteroatoms. The number of morpholine rings is 1. The molecule has 74 valence electrons. The zero-order valence-electron chi connectivity index (χ0n) is 8.25. The molecule has 0 aromatic rings. The molecule has 2 rings (SSSR count). The van der Waals surface area contributed by atoms with Crippen molar-refractivity contribution in [1.82, 2.24) is 5.32 Å². The highest BCUT2D eigenvalue weighted by atomic mass is 16.5. The molecule has 2 fully saturated rings. The predicted octanol–water partition coefficient (Wildman–Crippen LogP) is -0.650. The summed E-state index contributed by atoms with van der Waals surface area (Å²) in [7, 11) is 4.39. The Morgan fingerprint density at radius 2 is 2.08 bits per heavy atom. The quantitative estimate of drug-likeness (QED) is 0.509. The summed E-state index contributed by atoms with van der Waals surface area (Å²) in [5.41, 5.74) is 0. The first-order valence-corrected chi connectivity index (χ1v) is 4.78. The number of hydrogen-bond donors (Lipinski definition) is 1. The van der Waals surface area contributed by atoms with Crippen molar-refractivity contribution in [2.45, 2.75) is 18.5 Å². The number of amides is 1. The third-order valence-corrected chi connectivity index (χ3v) is 3.46. The number of carbonyl (C=O) groups is 1. The normalized spacial score (nSPS) is 37.8. The molecule has 1 amide bonds. The van der Waals surface area contributed by atoms with Gasteiger partial charge in [0.1, 0.15) is 18.7 Å². The Morgan fingerprint density at radius 3 is 2.85 bits per heavy atom. The van der Waals surface area contributed by atoms with Crippen LogP contribution in [0.15, 0.2) is 0 Å². The lowest BCUT2D eigenvalue weighted by Gasteiger charge is -2.45. The number of nitrogens with zero attached hydrogens (tertiary/aromatic N) is 1. The van der Waals surface area contributed by atoms with Crippen molar-refractivity contribution in [3.8, 4) is 0 Å². The van der Waals surface area contributed by atoms with Gasteiger partial charge in [0.05, 0.1) is 33.7 Å². The minimum absolute atomic E-state index is 0.171. The number of quaternary nitrogens is 1. The van der Waals surface area contributed by atoms with Gasteiger partial charge in [-0.05, 0) is 0 Å². The third kappa shape index (κ3) is 1.44. The topological polar surface area (TPSA) is 38.3 Å². The summed E-state index contributed by atoms with van der Waals surface area (Å²) in [4.78, 5) is 11.3. The largest absolute Gasteiger partial charge is 0.369 e. The Bertz CT molecular complexity index is 228. The van der Waals surface area contributed by atoms with Gasteiger partial charge in [-0.1, -0.05) is 0 Å². The Morgan fingerprint density at radius 1 is 1.38 bits per heavy atom. The second kappa shape index (κ2) is 2.96. The highest BCUT2D eigenvalue weighted by Gasteiger charge is 2.43. The van der Waals surface area contributed by atoms with Crippen LogP contribution in [-0.2, 0) is 9.53 Å². The monoisotopic (exact) mass is 185 g/mol. The molecule has 2 atom stereocenters. The van der Waals surface area contributed by atoms with Crippen LogP contribution in [0.2, 0.25) is 0 Å². The van der Waals surface area contributed by atoms with E-state index in [0.717, 1.165) is 24.2 Å². The summed E-state index contributed by atoms with van der Waals surface area (Å²) >= 11 is 0. The number of nitrogens with one attached hydrogen (secondary N) is 1. The molecule has 0 saturated carbocycles. The molecule has 2 aliphatic rings. The fourth-order valence-electron chi connectivity index (χ4n) is 2.13. The SMILES string of the molecule is C[N+]1(C)[C@H]2CNC(=O)C[C@@H]1COC2. The number of carbonyl (C=O) groups excluding carboxylic acids is 1. The fraction of sp³-hybridized carbons (Fsp3) is 0.889. The zero-order valence-corrected chi connectivity index (χ0v) is 8.25. The highest BCUT2D eigenvalue weighted by Crippen LogP contribution is 2.23. The molecule has 2 bridgehead atoms. The summed E-state index contributed by atoms with van der Waals surface area (Å²) in [6, 6.07) is 0.756. The molecule has 4 nitrogen and oxygen atoms in total. The van der Waals surface area contributed by atoms with E-state index in [4.69, 9.17) is 4.74 Å². The fourth-order valence-corrected chi connectivity index (χ4v) is 2.13. The maximum Gasteiger partial charge on any atom is 0.226 e. The van der Waals surface area contributed by atoms with Crippen molar-refractivity contribution in [2.75, 3.05) is 33.9 Å². The zero-order chi connectivity index (χ0) is 9.47. The van der Waals surface area contributed by atoms with Crippen LogP contribution in [0.4, 0.5) is 0 Å². The van der Waals surface area contributed by atoms with Crippen molar-refractivity contribution >= 4 is 5.91 Å². The summed E-state index contributed by atoms with van der Waals surface area (Å²) < 4.78 is 6.41. The molecule has 0 aromatic heterocycles. The number of hydrogen-bond acceptors (Lipinski definition) is 2. The minimum Gasteiger partial charge on any atom is -0.369 e. The van der Waals surface area contributed by atoms with Gasteiger partial charge in [0.15, 0.2) is 0 Å². The number of ether oxygens (including phenoxy) is 1. The smallest absolute Gasteiger partial charge is 0.226 e. The van der Waals surface area contributed by atoms with E-state index in [1.807, 2.05) is 0 Å². The van der Waals surface area contributed by atoms with Gasteiger partial charge in [0.25, 0.3) is 0 Å². The molecule has 0 unspecified atom stereocenters. The molecule has 1 N–H and O–H groups in total. The Balaban J connectivity index is 2.24. The van der Waals surface area contributed by atoms with E-state index in [1.54, 1.807) is 0 Å². The van der Waals surface area contributed by atoms with Crippen LogP contribution in [0.5, 0.6) is 0 Å². The summed E-state index contributed by atoms with van der Waals surface area (Å²) in [6.07, 6.45) is 0.601. The van der Waals surface area contributed by atoms with Crippen LogP contribution in [0.25, 0.3) is 0 Å². The van der Waals surface area contributed by atoms with Crippen LogP contribution < -0.4 is 5.32 Å². The third-order valence-electron chi connectivity index (χ3n) is 3.46. The van der Waals surface area contributed by atoms with Crippen LogP contribution in [0.3, 0.4) is 0 Å². The molecule has 0 aromatic carbocycles. The van der Waals surface area contributed by atoms with Crippen molar-refractivity contribution in [1.29, 1.82) is 0 Å². The average Bonchev–Trinajstić information content (AvgIpc) is 2.17. The first kappa shape index (κ1) is 8.97. The Labute approximate surface area is 78.4 Å². The van der Waals surface area contributed by atoms with Gasteiger partial charge in [0, 0.05) is 0 Å². The molecule has 0 aliphatic carbocycles. The molecule has 2 aliphatic heterocycles. The van der Waals surface area contributed by atoms with Crippen LogP contribution in [-0.4, -0.2) is 56.3 Å². The summed E-state index contributed by atoms with van der Waals surface area (Å²) in [6.45, 7) is 2.24. The molecule has 0 spiro atoms.